The SMILES string of the molecule is Cc1ccc(C)c(NC(=O)C2=CC(Nc3ccc(N(C)CCO)cc3C)c3ccccc3C2=O)c1. The number of aryl methyl sites for hydroxylation is 3. The van der Waals surface area contributed by atoms with Gasteiger partial charge in [-0.15, -0.1) is 0 Å². The minimum Gasteiger partial charge on any atom is -0.395 e. The molecule has 0 saturated carbocycles. The lowest BCUT2D eigenvalue weighted by atomic mass is 9.86. The number of Topliss-reactive ketones (excluding diaryl/α,β-unsaturated/α-hetero) is 1. The molecule has 35 heavy (non-hydrogen) atoms. The molecule has 1 aliphatic carbocycles. The highest BCUT2D eigenvalue weighted by atomic mass is 16.3. The van der Waals surface area contributed by atoms with Crippen LogP contribution in [0.4, 0.5) is 17.1 Å². The Morgan fingerprint density at radius 2 is 1.74 bits per heavy atom. The summed E-state index contributed by atoms with van der Waals surface area (Å²) in [5, 5.41) is 15.7. The summed E-state index contributed by atoms with van der Waals surface area (Å²) in [6.45, 7) is 6.53. The average Bonchev–Trinajstić information content (AvgIpc) is 2.84. The third kappa shape index (κ3) is 5.12. The van der Waals surface area contributed by atoms with Crippen LogP contribution in [-0.4, -0.2) is 37.0 Å². The fourth-order valence-corrected chi connectivity index (χ4v) is 4.30. The molecule has 180 valence electrons. The number of likely N-dealkylation sites (N-methyl/N-ethyl adjacent to an activating group) is 1. The number of carbonyl (C=O) groups is 2. The Balaban J connectivity index is 1.66. The molecule has 3 aromatic carbocycles. The molecule has 0 fully saturated rings. The van der Waals surface area contributed by atoms with E-state index in [-0.39, 0.29) is 24.0 Å². The number of aliphatic hydroxyl groups excluding tert-OH is 1. The quantitative estimate of drug-likeness (QED) is 0.427. The van der Waals surface area contributed by atoms with E-state index < -0.39 is 5.91 Å². The highest BCUT2D eigenvalue weighted by Gasteiger charge is 2.30. The minimum atomic E-state index is -0.414. The van der Waals surface area contributed by atoms with Gasteiger partial charge in [0.2, 0.25) is 0 Å². The third-order valence-electron chi connectivity index (χ3n) is 6.40. The first kappa shape index (κ1) is 24.2. The van der Waals surface area contributed by atoms with Crippen molar-refractivity contribution in [1.82, 2.24) is 0 Å². The van der Waals surface area contributed by atoms with Crippen molar-refractivity contribution in [3.63, 3.8) is 0 Å². The van der Waals surface area contributed by atoms with Crippen LogP contribution in [0.2, 0.25) is 0 Å². The molecule has 0 saturated heterocycles. The normalized spacial score (nSPS) is 14.7. The average molecular weight is 470 g/mol. The summed E-state index contributed by atoms with van der Waals surface area (Å²) < 4.78 is 0. The van der Waals surface area contributed by atoms with Crippen molar-refractivity contribution < 1.29 is 14.7 Å². The lowest BCUT2D eigenvalue weighted by Crippen LogP contribution is -2.28. The second-order valence-corrected chi connectivity index (χ2v) is 9.04. The molecule has 6 heteroatoms. The second kappa shape index (κ2) is 10.2. The van der Waals surface area contributed by atoms with Gasteiger partial charge in [-0.2, -0.15) is 0 Å². The van der Waals surface area contributed by atoms with Gasteiger partial charge in [0.05, 0.1) is 18.2 Å². The van der Waals surface area contributed by atoms with Gasteiger partial charge in [0.25, 0.3) is 5.91 Å². The van der Waals surface area contributed by atoms with Gasteiger partial charge in [-0.3, -0.25) is 9.59 Å². The molecule has 3 aromatic rings. The fourth-order valence-electron chi connectivity index (χ4n) is 4.30. The summed E-state index contributed by atoms with van der Waals surface area (Å²) >= 11 is 0. The number of ketones is 1. The molecule has 3 N–H and O–H groups in total. The van der Waals surface area contributed by atoms with Gasteiger partial charge in [-0.1, -0.05) is 36.4 Å². The van der Waals surface area contributed by atoms with E-state index in [0.717, 1.165) is 33.6 Å². The fraction of sp³-hybridized carbons (Fsp3) is 0.241. The summed E-state index contributed by atoms with van der Waals surface area (Å²) in [5.74, 6) is -0.693. The summed E-state index contributed by atoms with van der Waals surface area (Å²) in [6.07, 6.45) is 1.72. The highest BCUT2D eigenvalue weighted by Crippen LogP contribution is 2.33. The summed E-state index contributed by atoms with van der Waals surface area (Å²) in [7, 11) is 1.94. The van der Waals surface area contributed by atoms with E-state index in [2.05, 4.69) is 16.7 Å². The molecule has 1 aliphatic rings. The molecule has 0 bridgehead atoms. The maximum Gasteiger partial charge on any atom is 0.259 e. The largest absolute Gasteiger partial charge is 0.395 e. The number of nitrogens with one attached hydrogen (secondary N) is 2. The van der Waals surface area contributed by atoms with E-state index >= 15 is 0 Å². The van der Waals surface area contributed by atoms with Gasteiger partial charge in [0.15, 0.2) is 5.78 Å². The lowest BCUT2D eigenvalue weighted by Gasteiger charge is -2.26. The molecule has 0 radical (unpaired) electrons. The lowest BCUT2D eigenvalue weighted by molar-refractivity contribution is -0.112. The predicted octanol–water partition coefficient (Wildman–Crippen LogP) is 4.95. The Morgan fingerprint density at radius 1 is 0.971 bits per heavy atom. The Labute approximate surface area is 206 Å². The van der Waals surface area contributed by atoms with Crippen molar-refractivity contribution in [3.05, 3.63) is 100 Å². The number of nitrogens with zero attached hydrogens (tertiary/aromatic N) is 1. The van der Waals surface area contributed by atoms with Gasteiger partial charge in [-0.25, -0.2) is 0 Å². The summed E-state index contributed by atoms with van der Waals surface area (Å²) in [5.41, 5.74) is 7.09. The van der Waals surface area contributed by atoms with Crippen LogP contribution >= 0.6 is 0 Å². The van der Waals surface area contributed by atoms with Crippen LogP contribution in [0.5, 0.6) is 0 Å². The van der Waals surface area contributed by atoms with Crippen LogP contribution in [0.25, 0.3) is 0 Å². The minimum absolute atomic E-state index is 0.0835. The van der Waals surface area contributed by atoms with Crippen LogP contribution in [0.15, 0.2) is 72.3 Å². The van der Waals surface area contributed by atoms with E-state index in [9.17, 15) is 14.7 Å². The predicted molar refractivity (Wildman–Crippen MR) is 141 cm³/mol. The van der Waals surface area contributed by atoms with Crippen molar-refractivity contribution >= 4 is 28.8 Å². The standard InChI is InChI=1S/C29H31N3O3/c1-18-9-10-19(2)26(15-18)31-29(35)24-17-27(22-7-5-6-8-23(22)28(24)34)30-25-12-11-21(16-20(25)3)32(4)13-14-33/h5-12,15-17,27,30,33H,13-14H2,1-4H3,(H,31,35). The summed E-state index contributed by atoms with van der Waals surface area (Å²) in [6, 6.07) is 18.9. The Morgan fingerprint density at radius 3 is 2.49 bits per heavy atom. The van der Waals surface area contributed by atoms with E-state index in [1.54, 1.807) is 12.1 Å². The van der Waals surface area contributed by atoms with Gasteiger partial charge < -0.3 is 20.6 Å². The molecule has 6 nitrogen and oxygen atoms in total. The highest BCUT2D eigenvalue weighted by molar-refractivity contribution is 6.30. The number of aliphatic hydroxyl groups is 1. The zero-order valence-electron chi connectivity index (χ0n) is 20.6. The zero-order chi connectivity index (χ0) is 25.1. The first-order valence-electron chi connectivity index (χ1n) is 11.7. The maximum absolute atomic E-state index is 13.3. The molecule has 4 rings (SSSR count). The molecule has 0 aromatic heterocycles. The van der Waals surface area contributed by atoms with Gasteiger partial charge in [-0.05, 0) is 73.4 Å². The smallest absolute Gasteiger partial charge is 0.259 e. The topological polar surface area (TPSA) is 81.7 Å². The van der Waals surface area contributed by atoms with Gasteiger partial charge >= 0.3 is 0 Å². The Hall–Kier alpha value is -3.90. The first-order valence-corrected chi connectivity index (χ1v) is 11.7. The number of hydrogen-bond acceptors (Lipinski definition) is 5. The van der Waals surface area contributed by atoms with E-state index in [1.807, 2.05) is 81.2 Å². The van der Waals surface area contributed by atoms with Crippen LogP contribution in [0.1, 0.15) is 38.7 Å². The molecular weight excluding hydrogens is 438 g/mol. The van der Waals surface area contributed by atoms with Gasteiger partial charge in [0, 0.05) is 36.2 Å². The number of amides is 1. The number of anilines is 3. The molecule has 1 unspecified atom stereocenters. The molecular formula is C29H31N3O3. The molecule has 1 amide bonds. The van der Waals surface area contributed by atoms with Crippen LogP contribution in [-0.2, 0) is 4.79 Å². The van der Waals surface area contributed by atoms with Crippen molar-refractivity contribution in [2.45, 2.75) is 26.8 Å². The molecule has 0 spiro atoms. The second-order valence-electron chi connectivity index (χ2n) is 9.04. The number of benzene rings is 3. The number of rotatable bonds is 7. The van der Waals surface area contributed by atoms with E-state index in [1.165, 1.54) is 0 Å². The molecule has 0 aliphatic heterocycles. The maximum atomic E-state index is 13.3. The Bertz CT molecular complexity index is 1310. The van der Waals surface area contributed by atoms with Crippen molar-refractivity contribution in [1.29, 1.82) is 0 Å². The number of fused-ring (bicyclic) bond motifs is 1. The van der Waals surface area contributed by atoms with Crippen LogP contribution in [0, 0.1) is 20.8 Å². The van der Waals surface area contributed by atoms with E-state index in [4.69, 9.17) is 0 Å². The number of hydrogen-bond donors (Lipinski definition) is 3. The zero-order valence-corrected chi connectivity index (χ0v) is 20.6. The van der Waals surface area contributed by atoms with Crippen molar-refractivity contribution in [2.24, 2.45) is 0 Å². The summed E-state index contributed by atoms with van der Waals surface area (Å²) in [4.78, 5) is 28.5. The molecule has 1 atom stereocenters. The first-order chi connectivity index (χ1) is 16.8. The molecule has 0 heterocycles. The van der Waals surface area contributed by atoms with Crippen LogP contribution in [0.3, 0.4) is 0 Å². The van der Waals surface area contributed by atoms with Gasteiger partial charge in [0.1, 0.15) is 0 Å². The number of carbonyl (C=O) groups excluding carboxylic acids is 2. The Kier molecular flexibility index (Phi) is 7.03. The van der Waals surface area contributed by atoms with Crippen LogP contribution < -0.4 is 15.5 Å². The van der Waals surface area contributed by atoms with Crippen molar-refractivity contribution in [2.75, 3.05) is 35.7 Å². The van der Waals surface area contributed by atoms with E-state index in [0.29, 0.717) is 17.8 Å². The third-order valence-corrected chi connectivity index (χ3v) is 6.40. The van der Waals surface area contributed by atoms with Crippen molar-refractivity contribution in [3.8, 4) is 0 Å². The monoisotopic (exact) mass is 469 g/mol.